The topological polar surface area (TPSA) is 81.7 Å². The number of alkyl carbamates (subject to hydrolysis) is 1. The quantitative estimate of drug-likeness (QED) is 0.768. The molecule has 1 rings (SSSR count). The second kappa shape index (κ2) is 6.04. The second-order valence-corrected chi connectivity index (χ2v) is 5.67. The standard InChI is InChI=1S/C13H21NO5/c1-13(2,3)19-12(17)14-9-6-5-8(7-10(9)15)11(16)18-4/h8-9H,5-7H2,1-4H3,(H,14,17)/t8-,9-/m0/s1. The SMILES string of the molecule is COC(=O)[C@H]1CC[C@H](NC(=O)OC(C)(C)C)C(=O)C1. The zero-order valence-corrected chi connectivity index (χ0v) is 11.8. The van der Waals surface area contributed by atoms with Crippen LogP contribution in [0.5, 0.6) is 0 Å². The molecule has 6 nitrogen and oxygen atoms in total. The van der Waals surface area contributed by atoms with Gasteiger partial charge in [0, 0.05) is 6.42 Å². The van der Waals surface area contributed by atoms with Crippen molar-refractivity contribution in [2.75, 3.05) is 7.11 Å². The van der Waals surface area contributed by atoms with Gasteiger partial charge in [0.2, 0.25) is 0 Å². The highest BCUT2D eigenvalue weighted by atomic mass is 16.6. The van der Waals surface area contributed by atoms with E-state index in [0.29, 0.717) is 12.8 Å². The molecule has 1 aliphatic carbocycles. The molecule has 0 aromatic rings. The highest BCUT2D eigenvalue weighted by molar-refractivity contribution is 5.91. The Hall–Kier alpha value is -1.59. The highest BCUT2D eigenvalue weighted by Crippen LogP contribution is 2.23. The van der Waals surface area contributed by atoms with E-state index in [9.17, 15) is 14.4 Å². The van der Waals surface area contributed by atoms with Crippen LogP contribution in [0.1, 0.15) is 40.0 Å². The number of hydrogen-bond acceptors (Lipinski definition) is 5. The Morgan fingerprint density at radius 2 is 1.89 bits per heavy atom. The van der Waals surface area contributed by atoms with E-state index in [1.807, 2.05) is 0 Å². The Bertz CT molecular complexity index is 372. The minimum absolute atomic E-state index is 0.104. The van der Waals surface area contributed by atoms with Crippen molar-refractivity contribution in [2.45, 2.75) is 51.7 Å². The molecule has 19 heavy (non-hydrogen) atoms. The Morgan fingerprint density at radius 1 is 1.26 bits per heavy atom. The van der Waals surface area contributed by atoms with Gasteiger partial charge in [0.15, 0.2) is 5.78 Å². The molecule has 6 heteroatoms. The van der Waals surface area contributed by atoms with Crippen LogP contribution in [0.3, 0.4) is 0 Å². The average molecular weight is 271 g/mol. The van der Waals surface area contributed by atoms with Crippen LogP contribution in [0.25, 0.3) is 0 Å². The van der Waals surface area contributed by atoms with Gasteiger partial charge in [0.1, 0.15) is 5.60 Å². The van der Waals surface area contributed by atoms with Crippen molar-refractivity contribution in [3.05, 3.63) is 0 Å². The van der Waals surface area contributed by atoms with E-state index >= 15 is 0 Å². The van der Waals surface area contributed by atoms with Crippen LogP contribution < -0.4 is 5.32 Å². The number of hydrogen-bond donors (Lipinski definition) is 1. The van der Waals surface area contributed by atoms with Gasteiger partial charge in [-0.05, 0) is 33.6 Å². The third kappa shape index (κ3) is 4.89. The van der Waals surface area contributed by atoms with Crippen molar-refractivity contribution < 1.29 is 23.9 Å². The van der Waals surface area contributed by atoms with Gasteiger partial charge in [-0.1, -0.05) is 0 Å². The molecule has 0 aromatic heterocycles. The van der Waals surface area contributed by atoms with E-state index in [-0.39, 0.29) is 18.2 Å². The highest BCUT2D eigenvalue weighted by Gasteiger charge is 2.34. The maximum atomic E-state index is 11.8. The molecule has 0 aliphatic heterocycles. The first-order valence-electron chi connectivity index (χ1n) is 6.33. The Morgan fingerprint density at radius 3 is 2.37 bits per heavy atom. The molecule has 1 aliphatic rings. The zero-order chi connectivity index (χ0) is 14.6. The van der Waals surface area contributed by atoms with Crippen molar-refractivity contribution >= 4 is 17.8 Å². The summed E-state index contributed by atoms with van der Waals surface area (Å²) in [6.07, 6.45) is 0.450. The van der Waals surface area contributed by atoms with Crippen molar-refractivity contribution in [3.8, 4) is 0 Å². The molecule has 0 bridgehead atoms. The fourth-order valence-corrected chi connectivity index (χ4v) is 1.99. The molecule has 1 fully saturated rings. The molecule has 0 radical (unpaired) electrons. The maximum Gasteiger partial charge on any atom is 0.408 e. The van der Waals surface area contributed by atoms with Gasteiger partial charge in [0.05, 0.1) is 19.1 Å². The monoisotopic (exact) mass is 271 g/mol. The summed E-state index contributed by atoms with van der Waals surface area (Å²) in [6, 6.07) is -0.573. The number of esters is 1. The fraction of sp³-hybridized carbons (Fsp3) is 0.769. The number of carbonyl (C=O) groups is 3. The summed E-state index contributed by atoms with van der Waals surface area (Å²) in [5, 5.41) is 2.54. The van der Waals surface area contributed by atoms with Crippen LogP contribution >= 0.6 is 0 Å². The molecule has 108 valence electrons. The Balaban J connectivity index is 2.48. The number of ether oxygens (including phenoxy) is 2. The van der Waals surface area contributed by atoms with Gasteiger partial charge in [-0.15, -0.1) is 0 Å². The van der Waals surface area contributed by atoms with Crippen molar-refractivity contribution in [1.29, 1.82) is 0 Å². The number of rotatable bonds is 2. The van der Waals surface area contributed by atoms with E-state index in [4.69, 9.17) is 4.74 Å². The number of Topliss-reactive ketones (excluding diaryl/α,β-unsaturated/α-hetero) is 1. The van der Waals surface area contributed by atoms with Crippen LogP contribution in [-0.2, 0) is 19.1 Å². The van der Waals surface area contributed by atoms with Crippen molar-refractivity contribution in [1.82, 2.24) is 5.32 Å². The predicted octanol–water partition coefficient (Wildman–Crippen LogP) is 1.42. The molecule has 1 N–H and O–H groups in total. The molecular formula is C13H21NO5. The lowest BCUT2D eigenvalue weighted by molar-refractivity contribution is -0.149. The zero-order valence-electron chi connectivity index (χ0n) is 11.8. The summed E-state index contributed by atoms with van der Waals surface area (Å²) in [6.45, 7) is 5.26. The number of ketones is 1. The molecule has 1 saturated carbocycles. The fourth-order valence-electron chi connectivity index (χ4n) is 1.99. The van der Waals surface area contributed by atoms with Crippen LogP contribution in [0.4, 0.5) is 4.79 Å². The number of nitrogens with one attached hydrogen (secondary N) is 1. The molecule has 0 saturated heterocycles. The summed E-state index contributed by atoms with van der Waals surface area (Å²) in [5.74, 6) is -0.925. The van der Waals surface area contributed by atoms with Crippen LogP contribution in [0.2, 0.25) is 0 Å². The van der Waals surface area contributed by atoms with Gasteiger partial charge in [-0.25, -0.2) is 4.79 Å². The minimum atomic E-state index is -0.609. The Kier molecular flexibility index (Phi) is 4.91. The lowest BCUT2D eigenvalue weighted by Gasteiger charge is -2.27. The summed E-state index contributed by atoms with van der Waals surface area (Å²) in [7, 11) is 1.30. The maximum absolute atomic E-state index is 11.8. The molecule has 2 atom stereocenters. The van der Waals surface area contributed by atoms with Crippen molar-refractivity contribution in [2.24, 2.45) is 5.92 Å². The lowest BCUT2D eigenvalue weighted by atomic mass is 9.85. The van der Waals surface area contributed by atoms with Gasteiger partial charge >= 0.3 is 12.1 Å². The normalized spacial score (nSPS) is 23.7. The summed E-state index contributed by atoms with van der Waals surface area (Å²) >= 11 is 0. The van der Waals surface area contributed by atoms with Gasteiger partial charge in [0.25, 0.3) is 0 Å². The van der Waals surface area contributed by atoms with E-state index < -0.39 is 23.7 Å². The average Bonchev–Trinajstić information content (AvgIpc) is 2.28. The number of methoxy groups -OCH3 is 1. The minimum Gasteiger partial charge on any atom is -0.469 e. The second-order valence-electron chi connectivity index (χ2n) is 5.67. The molecule has 0 heterocycles. The van der Waals surface area contributed by atoms with E-state index in [0.717, 1.165) is 0 Å². The van der Waals surface area contributed by atoms with Gasteiger partial charge < -0.3 is 14.8 Å². The smallest absolute Gasteiger partial charge is 0.408 e. The summed E-state index contributed by atoms with van der Waals surface area (Å²) < 4.78 is 9.71. The first-order valence-corrected chi connectivity index (χ1v) is 6.33. The first kappa shape index (κ1) is 15.5. The lowest BCUT2D eigenvalue weighted by Crippen LogP contribution is -2.46. The van der Waals surface area contributed by atoms with E-state index in [1.165, 1.54) is 7.11 Å². The van der Waals surface area contributed by atoms with Crippen LogP contribution in [0, 0.1) is 5.92 Å². The Labute approximate surface area is 112 Å². The van der Waals surface area contributed by atoms with Crippen LogP contribution in [-0.4, -0.2) is 36.6 Å². The van der Waals surface area contributed by atoms with Crippen molar-refractivity contribution in [3.63, 3.8) is 0 Å². The van der Waals surface area contributed by atoms with E-state index in [2.05, 4.69) is 10.1 Å². The van der Waals surface area contributed by atoms with Gasteiger partial charge in [-0.3, -0.25) is 9.59 Å². The number of carbonyl (C=O) groups excluding carboxylic acids is 3. The molecule has 1 amide bonds. The number of amides is 1. The van der Waals surface area contributed by atoms with E-state index in [1.54, 1.807) is 20.8 Å². The molecule has 0 spiro atoms. The summed E-state index contributed by atoms with van der Waals surface area (Å²) in [4.78, 5) is 34.8. The summed E-state index contributed by atoms with van der Waals surface area (Å²) in [5.41, 5.74) is -0.601. The molecule has 0 unspecified atom stereocenters. The third-order valence-corrected chi connectivity index (χ3v) is 2.87. The predicted molar refractivity (Wildman–Crippen MR) is 67.5 cm³/mol. The molecular weight excluding hydrogens is 250 g/mol. The van der Waals surface area contributed by atoms with Gasteiger partial charge in [-0.2, -0.15) is 0 Å². The first-order chi connectivity index (χ1) is 8.73. The van der Waals surface area contributed by atoms with Crippen LogP contribution in [0.15, 0.2) is 0 Å². The largest absolute Gasteiger partial charge is 0.469 e. The molecule has 0 aromatic carbocycles. The third-order valence-electron chi connectivity index (χ3n) is 2.87.